The fourth-order valence-electron chi connectivity index (χ4n) is 7.95. The number of unbranched alkanes of at least 4 members (excludes halogenated alkanes) is 26. The Hall–Kier alpha value is -0.900. The minimum absolute atomic E-state index is 0.178. The third-order valence-corrected chi connectivity index (χ3v) is 12.5. The predicted octanol–water partition coefficient (Wildman–Crippen LogP) is 8.02. The van der Waals surface area contributed by atoms with Gasteiger partial charge in [0.1, 0.15) is 30.5 Å². The third kappa shape index (κ3) is 29.5. The molecule has 8 N–H and O–H groups in total. The summed E-state index contributed by atoms with van der Waals surface area (Å²) in [5.41, 5.74) is 0. The maximum Gasteiger partial charge on any atom is 0.220 e. The lowest BCUT2D eigenvalue weighted by Gasteiger charge is -2.40. The topological polar surface area (TPSA) is 198 Å². The van der Waals surface area contributed by atoms with Crippen LogP contribution in [0, 0.1) is 0 Å². The number of hydrogen-bond donors (Lipinski definition) is 8. The van der Waals surface area contributed by atoms with Gasteiger partial charge in [-0.1, -0.05) is 183 Å². The number of rotatable bonds is 42. The Bertz CT molecular complexity index is 998. The molecule has 0 aromatic rings. The smallest absolute Gasteiger partial charge is 0.220 e. The van der Waals surface area contributed by atoms with Gasteiger partial charge < -0.3 is 50.7 Å². The van der Waals surface area contributed by atoms with Crippen molar-refractivity contribution >= 4 is 27.7 Å². The molecule has 1 aliphatic heterocycles. The molecule has 0 radical (unpaired) electrons. The first-order valence-corrected chi connectivity index (χ1v) is 25.7. The summed E-state index contributed by atoms with van der Waals surface area (Å²) in [6.45, 7) is 2.06. The molecular weight excluding hydrogens is 832 g/mol. The molecule has 60 heavy (non-hydrogen) atoms. The molecule has 0 aromatic carbocycles. The van der Waals surface area contributed by atoms with Crippen LogP contribution in [0.5, 0.6) is 0 Å². The molecule has 0 spiro atoms. The van der Waals surface area contributed by atoms with E-state index >= 15 is 0 Å². The summed E-state index contributed by atoms with van der Waals surface area (Å²) in [5.74, 6) is -0.107. The molecule has 0 saturated carbocycles. The quantitative estimate of drug-likeness (QED) is 0.0219. The summed E-state index contributed by atoms with van der Waals surface area (Å²) in [6.07, 6.45) is 24.7. The van der Waals surface area contributed by atoms with E-state index in [0.29, 0.717) is 19.3 Å². The van der Waals surface area contributed by atoms with E-state index in [0.717, 1.165) is 102 Å². The Labute approximate surface area is 373 Å². The van der Waals surface area contributed by atoms with E-state index in [-0.39, 0.29) is 24.8 Å². The van der Waals surface area contributed by atoms with Crippen molar-refractivity contribution in [3.63, 3.8) is 0 Å². The molecule has 8 atom stereocenters. The van der Waals surface area contributed by atoms with Crippen LogP contribution >= 0.6 is 15.9 Å². The molecule has 1 saturated heterocycles. The SMILES string of the molecule is CCCCCCCCCCCCCCC(O)C(O)C(CO[C@H]1O[C@H](CO)[C@H](O)[C@H](O)[C@H]1O)NC(=O)CCCCCCCCCCCNC(=O)CCCCCCCCCCBr. The zero-order chi connectivity index (χ0) is 44.1. The number of carbonyl (C=O) groups excluding carboxylic acids is 2. The number of alkyl halides is 1. The van der Waals surface area contributed by atoms with Gasteiger partial charge in [0.25, 0.3) is 0 Å². The molecule has 1 rings (SSSR count). The maximum atomic E-state index is 13.0. The van der Waals surface area contributed by atoms with Crippen molar-refractivity contribution in [2.24, 2.45) is 0 Å². The summed E-state index contributed by atoms with van der Waals surface area (Å²) in [5, 5.41) is 69.3. The Kier molecular flexibility index (Phi) is 37.8. The fraction of sp³-hybridized carbons (Fsp3) is 0.957. The van der Waals surface area contributed by atoms with Gasteiger partial charge in [-0.15, -0.1) is 0 Å². The van der Waals surface area contributed by atoms with E-state index in [2.05, 4.69) is 33.5 Å². The van der Waals surface area contributed by atoms with Gasteiger partial charge in [-0.3, -0.25) is 9.59 Å². The van der Waals surface area contributed by atoms with Gasteiger partial charge in [-0.2, -0.15) is 0 Å². The average Bonchev–Trinajstić information content (AvgIpc) is 3.24. The highest BCUT2D eigenvalue weighted by Crippen LogP contribution is 2.23. The Balaban J connectivity index is 2.31. The zero-order valence-corrected chi connectivity index (χ0v) is 39.4. The van der Waals surface area contributed by atoms with Gasteiger partial charge in [0, 0.05) is 24.7 Å². The van der Waals surface area contributed by atoms with Crippen LogP contribution in [0.4, 0.5) is 0 Å². The van der Waals surface area contributed by atoms with Crippen molar-refractivity contribution in [2.45, 2.75) is 261 Å². The van der Waals surface area contributed by atoms with Crippen LogP contribution in [0.25, 0.3) is 0 Å². The molecular formula is C47H91BrN2O10. The lowest BCUT2D eigenvalue weighted by molar-refractivity contribution is -0.303. The number of halogens is 1. The van der Waals surface area contributed by atoms with E-state index in [1.54, 1.807) is 0 Å². The molecule has 0 bridgehead atoms. The number of ether oxygens (including phenoxy) is 2. The molecule has 0 aliphatic carbocycles. The van der Waals surface area contributed by atoms with E-state index in [9.17, 15) is 40.2 Å². The van der Waals surface area contributed by atoms with Gasteiger partial charge in [-0.05, 0) is 32.1 Å². The van der Waals surface area contributed by atoms with E-state index in [1.807, 2.05) is 0 Å². The normalized spacial score (nSPS) is 20.8. The van der Waals surface area contributed by atoms with E-state index in [1.165, 1.54) is 89.9 Å². The molecule has 1 aliphatic rings. The van der Waals surface area contributed by atoms with Gasteiger partial charge in [0.2, 0.25) is 11.8 Å². The monoisotopic (exact) mass is 923 g/mol. The minimum Gasteiger partial charge on any atom is -0.394 e. The van der Waals surface area contributed by atoms with E-state index in [4.69, 9.17) is 9.47 Å². The van der Waals surface area contributed by atoms with Crippen LogP contribution in [0.2, 0.25) is 0 Å². The highest BCUT2D eigenvalue weighted by Gasteiger charge is 2.44. The lowest BCUT2D eigenvalue weighted by atomic mass is 9.98. The first kappa shape index (κ1) is 57.1. The number of nitrogens with one attached hydrogen (secondary N) is 2. The molecule has 356 valence electrons. The summed E-state index contributed by atoms with van der Waals surface area (Å²) in [7, 11) is 0. The van der Waals surface area contributed by atoms with Crippen molar-refractivity contribution in [3.05, 3.63) is 0 Å². The van der Waals surface area contributed by atoms with E-state index < -0.39 is 55.6 Å². The second-order valence-electron chi connectivity index (χ2n) is 17.5. The van der Waals surface area contributed by atoms with Gasteiger partial charge in [-0.25, -0.2) is 0 Å². The summed E-state index contributed by atoms with van der Waals surface area (Å²) >= 11 is 3.48. The van der Waals surface area contributed by atoms with Gasteiger partial charge >= 0.3 is 0 Å². The number of carbonyl (C=O) groups is 2. The Morgan fingerprint density at radius 3 is 1.55 bits per heavy atom. The second kappa shape index (κ2) is 39.7. The number of aliphatic hydroxyl groups is 6. The summed E-state index contributed by atoms with van der Waals surface area (Å²) in [6, 6.07) is -1.01. The molecule has 0 aromatic heterocycles. The number of hydrogen-bond acceptors (Lipinski definition) is 10. The summed E-state index contributed by atoms with van der Waals surface area (Å²) < 4.78 is 11.1. The van der Waals surface area contributed by atoms with Crippen molar-refractivity contribution < 1.29 is 49.7 Å². The Morgan fingerprint density at radius 1 is 0.600 bits per heavy atom. The van der Waals surface area contributed by atoms with Crippen LogP contribution in [-0.4, -0.2) is 116 Å². The van der Waals surface area contributed by atoms with Crippen LogP contribution in [0.15, 0.2) is 0 Å². The van der Waals surface area contributed by atoms with Crippen molar-refractivity contribution in [2.75, 3.05) is 25.1 Å². The molecule has 13 heteroatoms. The van der Waals surface area contributed by atoms with Gasteiger partial charge in [0.05, 0.1) is 25.4 Å². The summed E-state index contributed by atoms with van der Waals surface area (Å²) in [4.78, 5) is 25.1. The number of aliphatic hydroxyl groups excluding tert-OH is 6. The van der Waals surface area contributed by atoms with Crippen LogP contribution in [-0.2, 0) is 19.1 Å². The molecule has 3 unspecified atom stereocenters. The molecule has 1 fully saturated rings. The maximum absolute atomic E-state index is 13.0. The number of amides is 2. The molecule has 12 nitrogen and oxygen atoms in total. The highest BCUT2D eigenvalue weighted by molar-refractivity contribution is 9.09. The Morgan fingerprint density at radius 2 is 1.05 bits per heavy atom. The van der Waals surface area contributed by atoms with Crippen molar-refractivity contribution in [1.29, 1.82) is 0 Å². The predicted molar refractivity (Wildman–Crippen MR) is 244 cm³/mol. The first-order chi connectivity index (χ1) is 29.2. The standard InChI is InChI=1S/C47H91BrN2O10/c1-2-3-4-5-6-7-8-9-11-16-21-26-31-39(52)43(55)38(37-59-47-46(58)45(57)44(56)40(36-51)60-47)50-42(54)33-28-23-18-12-10-15-20-25-30-35-49-41(53)32-27-22-17-13-14-19-24-29-34-48/h38-40,43-47,51-52,55-58H,2-37H2,1H3,(H,49,53)(H,50,54)/t38?,39?,40-,43?,44+,45+,46-,47+/m1/s1. The van der Waals surface area contributed by atoms with Crippen LogP contribution in [0.1, 0.15) is 212 Å². The largest absolute Gasteiger partial charge is 0.394 e. The molecule has 2 amide bonds. The van der Waals surface area contributed by atoms with Crippen molar-refractivity contribution in [1.82, 2.24) is 10.6 Å². The highest BCUT2D eigenvalue weighted by atomic mass is 79.9. The molecule has 1 heterocycles. The first-order valence-electron chi connectivity index (χ1n) is 24.6. The van der Waals surface area contributed by atoms with Gasteiger partial charge in [0.15, 0.2) is 6.29 Å². The van der Waals surface area contributed by atoms with Crippen LogP contribution < -0.4 is 10.6 Å². The van der Waals surface area contributed by atoms with Crippen molar-refractivity contribution in [3.8, 4) is 0 Å². The minimum atomic E-state index is -1.62. The third-order valence-electron chi connectivity index (χ3n) is 12.0. The average molecular weight is 924 g/mol. The zero-order valence-electron chi connectivity index (χ0n) is 37.8. The van der Waals surface area contributed by atoms with Crippen LogP contribution in [0.3, 0.4) is 0 Å². The second-order valence-corrected chi connectivity index (χ2v) is 18.3. The fourth-order valence-corrected chi connectivity index (χ4v) is 8.34. The lowest BCUT2D eigenvalue weighted by Crippen LogP contribution is -2.60.